The molecule has 0 aliphatic carbocycles. The Morgan fingerprint density at radius 3 is 2.48 bits per heavy atom. The Kier molecular flexibility index (Phi) is 5.51. The van der Waals surface area contributed by atoms with Crippen LogP contribution in [0.4, 0.5) is 4.39 Å². The van der Waals surface area contributed by atoms with Crippen molar-refractivity contribution in [2.45, 2.75) is 26.3 Å². The van der Waals surface area contributed by atoms with Crippen LogP contribution in [0.25, 0.3) is 0 Å². The molecule has 0 bridgehead atoms. The maximum Gasteiger partial charge on any atom is 0.137 e. The van der Waals surface area contributed by atoms with Crippen LogP contribution in [0.15, 0.2) is 46.9 Å². The molecule has 1 atom stereocenters. The van der Waals surface area contributed by atoms with E-state index in [0.29, 0.717) is 10.4 Å². The monoisotopic (exact) mass is 350 g/mol. The van der Waals surface area contributed by atoms with Gasteiger partial charge in [-0.2, -0.15) is 0 Å². The molecule has 2 nitrogen and oxygen atoms in total. The highest BCUT2D eigenvalue weighted by Crippen LogP contribution is 2.26. The van der Waals surface area contributed by atoms with Crippen molar-refractivity contribution in [3.63, 3.8) is 0 Å². The van der Waals surface area contributed by atoms with Crippen LogP contribution in [-0.2, 0) is 6.42 Å². The van der Waals surface area contributed by atoms with Gasteiger partial charge in [-0.1, -0.05) is 44.2 Å². The van der Waals surface area contributed by atoms with Crippen molar-refractivity contribution in [3.05, 3.63) is 69.4 Å². The van der Waals surface area contributed by atoms with Crippen molar-refractivity contribution >= 4 is 15.9 Å². The van der Waals surface area contributed by atoms with Crippen molar-refractivity contribution in [1.29, 1.82) is 0 Å². The maximum atomic E-state index is 13.7. The molecule has 0 aliphatic rings. The lowest BCUT2D eigenvalue weighted by molar-refractivity contribution is 0.599. The number of hydrogen-bond acceptors (Lipinski definition) is 2. The molecule has 0 spiro atoms. The topological polar surface area (TPSA) is 38.0 Å². The second-order valence-corrected chi connectivity index (χ2v) is 6.47. The van der Waals surface area contributed by atoms with Crippen LogP contribution in [-0.4, -0.2) is 0 Å². The average molecular weight is 351 g/mol. The van der Waals surface area contributed by atoms with Gasteiger partial charge in [0.15, 0.2) is 0 Å². The highest BCUT2D eigenvalue weighted by molar-refractivity contribution is 9.10. The predicted octanol–water partition coefficient (Wildman–Crippen LogP) is 4.34. The molecular weight excluding hydrogens is 331 g/mol. The first-order chi connectivity index (χ1) is 10.0. The molecule has 2 aromatic carbocycles. The zero-order chi connectivity index (χ0) is 15.4. The zero-order valence-corrected chi connectivity index (χ0v) is 13.8. The second kappa shape index (κ2) is 7.16. The third-order valence-electron chi connectivity index (χ3n) is 3.37. The molecule has 0 saturated carbocycles. The van der Waals surface area contributed by atoms with Crippen LogP contribution in [0.2, 0.25) is 0 Å². The van der Waals surface area contributed by atoms with E-state index in [1.54, 1.807) is 6.07 Å². The van der Waals surface area contributed by atoms with E-state index in [1.165, 1.54) is 11.6 Å². The SMILES string of the molecule is CC(C)Cc1cccc(C(NN)c2ccc(Br)c(F)c2)c1. The van der Waals surface area contributed by atoms with Crippen molar-refractivity contribution in [1.82, 2.24) is 5.43 Å². The molecule has 2 rings (SSSR count). The number of nitrogens with two attached hydrogens (primary N) is 1. The molecule has 21 heavy (non-hydrogen) atoms. The molecule has 0 saturated heterocycles. The highest BCUT2D eigenvalue weighted by atomic mass is 79.9. The first-order valence-corrected chi connectivity index (χ1v) is 7.80. The molecular formula is C17H20BrFN2. The molecule has 0 radical (unpaired) electrons. The summed E-state index contributed by atoms with van der Waals surface area (Å²) in [5.41, 5.74) is 5.89. The van der Waals surface area contributed by atoms with E-state index in [-0.39, 0.29) is 11.9 Å². The number of nitrogens with one attached hydrogen (secondary N) is 1. The van der Waals surface area contributed by atoms with Crippen molar-refractivity contribution < 1.29 is 4.39 Å². The van der Waals surface area contributed by atoms with Gasteiger partial charge in [0.05, 0.1) is 10.5 Å². The summed E-state index contributed by atoms with van der Waals surface area (Å²) >= 11 is 3.17. The largest absolute Gasteiger partial charge is 0.271 e. The van der Waals surface area contributed by atoms with Gasteiger partial charge in [0.1, 0.15) is 5.82 Å². The molecule has 0 amide bonds. The molecule has 1 unspecified atom stereocenters. The number of halogens is 2. The van der Waals surface area contributed by atoms with Gasteiger partial charge >= 0.3 is 0 Å². The van der Waals surface area contributed by atoms with E-state index in [4.69, 9.17) is 5.84 Å². The Balaban J connectivity index is 2.34. The quantitative estimate of drug-likeness (QED) is 0.621. The molecule has 0 aromatic heterocycles. The summed E-state index contributed by atoms with van der Waals surface area (Å²) < 4.78 is 14.2. The van der Waals surface area contributed by atoms with Crippen molar-refractivity contribution in [3.8, 4) is 0 Å². The van der Waals surface area contributed by atoms with E-state index < -0.39 is 0 Å². The van der Waals surface area contributed by atoms with Gasteiger partial charge in [0.2, 0.25) is 0 Å². The lowest BCUT2D eigenvalue weighted by Crippen LogP contribution is -2.29. The molecule has 2 aromatic rings. The van der Waals surface area contributed by atoms with Gasteiger partial charge in [0.25, 0.3) is 0 Å². The fourth-order valence-corrected chi connectivity index (χ4v) is 2.69. The Morgan fingerprint density at radius 1 is 1.14 bits per heavy atom. The van der Waals surface area contributed by atoms with Gasteiger partial charge in [0, 0.05) is 0 Å². The van der Waals surface area contributed by atoms with Gasteiger partial charge in [-0.15, -0.1) is 0 Å². The Hall–Kier alpha value is -1.23. The van der Waals surface area contributed by atoms with E-state index in [9.17, 15) is 4.39 Å². The molecule has 0 heterocycles. The summed E-state index contributed by atoms with van der Waals surface area (Å²) in [4.78, 5) is 0. The molecule has 3 N–H and O–H groups in total. The summed E-state index contributed by atoms with van der Waals surface area (Å²) in [6.45, 7) is 4.38. The van der Waals surface area contributed by atoms with E-state index in [0.717, 1.165) is 17.5 Å². The number of benzene rings is 2. The van der Waals surface area contributed by atoms with Gasteiger partial charge in [-0.25, -0.2) is 9.82 Å². The Bertz CT molecular complexity index is 613. The first kappa shape index (κ1) is 16.1. The minimum atomic E-state index is -0.286. The molecule has 0 aliphatic heterocycles. The average Bonchev–Trinajstić information content (AvgIpc) is 2.43. The normalized spacial score (nSPS) is 12.7. The second-order valence-electron chi connectivity index (χ2n) is 5.62. The standard InChI is InChI=1S/C17H20BrFN2/c1-11(2)8-12-4-3-5-13(9-12)17(21-20)14-6-7-15(18)16(19)10-14/h3-7,9-11,17,21H,8,20H2,1-2H3. The minimum Gasteiger partial charge on any atom is -0.271 e. The summed E-state index contributed by atoms with van der Waals surface area (Å²) in [6, 6.07) is 13.1. The van der Waals surface area contributed by atoms with Crippen molar-refractivity contribution in [2.24, 2.45) is 11.8 Å². The minimum absolute atomic E-state index is 0.222. The van der Waals surface area contributed by atoms with Crippen LogP contribution in [0, 0.1) is 11.7 Å². The van der Waals surface area contributed by atoms with Gasteiger partial charge in [-0.3, -0.25) is 5.84 Å². The lowest BCUT2D eigenvalue weighted by atomic mass is 9.95. The third-order valence-corrected chi connectivity index (χ3v) is 4.02. The summed E-state index contributed by atoms with van der Waals surface area (Å²) in [7, 11) is 0. The van der Waals surface area contributed by atoms with Crippen LogP contribution in [0.1, 0.15) is 36.6 Å². The van der Waals surface area contributed by atoms with Crippen LogP contribution in [0.3, 0.4) is 0 Å². The predicted molar refractivity (Wildman–Crippen MR) is 88.3 cm³/mol. The Morgan fingerprint density at radius 2 is 1.86 bits per heavy atom. The van der Waals surface area contributed by atoms with E-state index in [1.807, 2.05) is 18.2 Å². The van der Waals surface area contributed by atoms with Crippen molar-refractivity contribution in [2.75, 3.05) is 0 Å². The number of rotatable bonds is 5. The molecule has 0 fully saturated rings. The fraction of sp³-hybridized carbons (Fsp3) is 0.294. The smallest absolute Gasteiger partial charge is 0.137 e. The van der Waals surface area contributed by atoms with E-state index >= 15 is 0 Å². The zero-order valence-electron chi connectivity index (χ0n) is 12.2. The van der Waals surface area contributed by atoms with Gasteiger partial charge < -0.3 is 0 Å². The van der Waals surface area contributed by atoms with Gasteiger partial charge in [-0.05, 0) is 57.1 Å². The molecule has 4 heteroatoms. The van der Waals surface area contributed by atoms with E-state index in [2.05, 4.69) is 47.3 Å². The molecule has 112 valence electrons. The number of hydrogen-bond donors (Lipinski definition) is 2. The number of hydrazine groups is 1. The highest BCUT2D eigenvalue weighted by Gasteiger charge is 2.14. The first-order valence-electron chi connectivity index (χ1n) is 7.01. The summed E-state index contributed by atoms with van der Waals surface area (Å²) in [5, 5.41) is 0. The summed E-state index contributed by atoms with van der Waals surface area (Å²) in [5.74, 6) is 6.00. The lowest BCUT2D eigenvalue weighted by Gasteiger charge is -2.18. The van der Waals surface area contributed by atoms with Crippen LogP contribution < -0.4 is 11.3 Å². The third kappa shape index (κ3) is 4.13. The van der Waals surface area contributed by atoms with Crippen LogP contribution in [0.5, 0.6) is 0 Å². The Labute approximate surface area is 133 Å². The van der Waals surface area contributed by atoms with Crippen LogP contribution >= 0.6 is 15.9 Å². The maximum absolute atomic E-state index is 13.7. The fourth-order valence-electron chi connectivity index (χ4n) is 2.45. The summed E-state index contributed by atoms with van der Waals surface area (Å²) in [6.07, 6.45) is 1.01.